The van der Waals surface area contributed by atoms with E-state index in [-0.39, 0.29) is 25.7 Å². The summed E-state index contributed by atoms with van der Waals surface area (Å²) in [6.45, 7) is 14.1. The van der Waals surface area contributed by atoms with E-state index in [0.29, 0.717) is 31.6 Å². The van der Waals surface area contributed by atoms with E-state index in [9.17, 15) is 43.2 Å². The van der Waals surface area contributed by atoms with Crippen LogP contribution in [0.25, 0.3) is 0 Å². The molecule has 7 atom stereocenters. The van der Waals surface area contributed by atoms with E-state index in [1.807, 2.05) is 0 Å². The standard InChI is InChI=1S/C73H142O17P2/c1-9-65(7)51-43-35-26-22-18-13-11-12-14-19-23-27-39-47-55-72(77)90-69(60-84-71(76)54-46-38-32-30-36-44-52-66(8)10-2)62-88-92(81,82)86-58-67(74)57-85-91(79,80)87-61-68(59-83-70(75)53-45-37-31-29-34-42-50-64(5)6)89-73(78)56-48-40-28-24-20-16-15-17-21-25-33-41-49-63(3)4/h63-69,74H,9-62H2,1-8H3,(H,79,80)(H,81,82)/t65?,66?,67-,68-,69-/m1/s1. The van der Waals surface area contributed by atoms with E-state index in [1.165, 1.54) is 154 Å². The molecule has 0 radical (unpaired) electrons. The van der Waals surface area contributed by atoms with E-state index >= 15 is 0 Å². The number of phosphoric ester groups is 2. The van der Waals surface area contributed by atoms with Crippen molar-refractivity contribution >= 4 is 39.5 Å². The number of esters is 4. The van der Waals surface area contributed by atoms with Crippen molar-refractivity contribution in [2.75, 3.05) is 39.6 Å². The number of ether oxygens (including phenoxy) is 4. The summed E-state index contributed by atoms with van der Waals surface area (Å²) in [7, 11) is -9.91. The van der Waals surface area contributed by atoms with Gasteiger partial charge in [-0.05, 0) is 49.4 Å². The van der Waals surface area contributed by atoms with Gasteiger partial charge in [-0.3, -0.25) is 37.3 Å². The summed E-state index contributed by atoms with van der Waals surface area (Å²) < 4.78 is 68.4. The molecule has 0 aromatic rings. The number of unbranched alkanes of at least 4 members (excludes halogenated alkanes) is 34. The van der Waals surface area contributed by atoms with Gasteiger partial charge in [-0.25, -0.2) is 9.13 Å². The average Bonchev–Trinajstić information content (AvgIpc) is 2.51. The zero-order valence-corrected chi connectivity index (χ0v) is 62.0. The molecule has 0 aliphatic carbocycles. The Hall–Kier alpha value is -1.94. The van der Waals surface area contributed by atoms with Gasteiger partial charge in [0.2, 0.25) is 0 Å². The van der Waals surface area contributed by atoms with Crippen molar-refractivity contribution in [3.05, 3.63) is 0 Å². The summed E-state index contributed by atoms with van der Waals surface area (Å²) in [5.74, 6) is 0.905. The highest BCUT2D eigenvalue weighted by atomic mass is 31.2. The Balaban J connectivity index is 5.21. The first kappa shape index (κ1) is 90.1. The summed E-state index contributed by atoms with van der Waals surface area (Å²) in [5, 5.41) is 10.6. The molecular weight excluding hydrogens is 1210 g/mol. The van der Waals surface area contributed by atoms with Gasteiger partial charge < -0.3 is 33.8 Å². The minimum absolute atomic E-state index is 0.105. The van der Waals surface area contributed by atoms with E-state index in [0.717, 1.165) is 120 Å². The Morgan fingerprint density at radius 2 is 0.522 bits per heavy atom. The van der Waals surface area contributed by atoms with Gasteiger partial charge in [-0.2, -0.15) is 0 Å². The van der Waals surface area contributed by atoms with Gasteiger partial charge in [0.1, 0.15) is 19.3 Å². The fraction of sp³-hybridized carbons (Fsp3) is 0.945. The molecule has 0 spiro atoms. The lowest BCUT2D eigenvalue weighted by atomic mass is 9.99. The summed E-state index contributed by atoms with van der Waals surface area (Å²) in [6, 6.07) is 0. The number of aliphatic hydroxyl groups excluding tert-OH is 1. The van der Waals surface area contributed by atoms with Gasteiger partial charge in [0.15, 0.2) is 12.2 Å². The van der Waals surface area contributed by atoms with Crippen molar-refractivity contribution < 1.29 is 80.2 Å². The van der Waals surface area contributed by atoms with Gasteiger partial charge in [0.05, 0.1) is 26.4 Å². The lowest BCUT2D eigenvalue weighted by molar-refractivity contribution is -0.161. The highest BCUT2D eigenvalue weighted by Crippen LogP contribution is 2.45. The molecule has 0 aliphatic heterocycles. The molecule has 546 valence electrons. The Kier molecular flexibility index (Phi) is 61.3. The highest BCUT2D eigenvalue weighted by Gasteiger charge is 2.30. The first-order chi connectivity index (χ1) is 44.2. The van der Waals surface area contributed by atoms with Gasteiger partial charge in [0.25, 0.3) is 0 Å². The van der Waals surface area contributed by atoms with Crippen LogP contribution in [0.2, 0.25) is 0 Å². The van der Waals surface area contributed by atoms with Crippen molar-refractivity contribution in [1.82, 2.24) is 0 Å². The van der Waals surface area contributed by atoms with Crippen LogP contribution in [0.3, 0.4) is 0 Å². The molecule has 0 aromatic carbocycles. The van der Waals surface area contributed by atoms with Gasteiger partial charge >= 0.3 is 39.5 Å². The number of rotatable bonds is 70. The minimum atomic E-state index is -4.95. The third-order valence-corrected chi connectivity index (χ3v) is 19.4. The van der Waals surface area contributed by atoms with E-state index in [1.54, 1.807) is 0 Å². The van der Waals surface area contributed by atoms with Crippen molar-refractivity contribution in [2.24, 2.45) is 23.7 Å². The van der Waals surface area contributed by atoms with Crippen LogP contribution in [-0.2, 0) is 65.4 Å². The lowest BCUT2D eigenvalue weighted by Crippen LogP contribution is -2.30. The van der Waals surface area contributed by atoms with Crippen LogP contribution in [0.4, 0.5) is 0 Å². The molecule has 3 N–H and O–H groups in total. The van der Waals surface area contributed by atoms with E-state index < -0.39 is 97.5 Å². The topological polar surface area (TPSA) is 237 Å². The second-order valence-electron chi connectivity index (χ2n) is 27.8. The maximum absolute atomic E-state index is 13.0. The quantitative estimate of drug-likeness (QED) is 0.0222. The van der Waals surface area contributed by atoms with E-state index in [2.05, 4.69) is 55.4 Å². The van der Waals surface area contributed by atoms with Crippen molar-refractivity contribution in [2.45, 2.75) is 382 Å². The fourth-order valence-electron chi connectivity index (χ4n) is 11.0. The van der Waals surface area contributed by atoms with Crippen molar-refractivity contribution in [3.8, 4) is 0 Å². The molecule has 0 amide bonds. The summed E-state index contributed by atoms with van der Waals surface area (Å²) in [5.41, 5.74) is 0. The van der Waals surface area contributed by atoms with Crippen LogP contribution in [0.5, 0.6) is 0 Å². The zero-order chi connectivity index (χ0) is 68.2. The number of hydrogen-bond acceptors (Lipinski definition) is 15. The molecule has 0 aliphatic rings. The molecule has 0 saturated heterocycles. The largest absolute Gasteiger partial charge is 0.472 e. The second-order valence-corrected chi connectivity index (χ2v) is 30.7. The Labute approximate surface area is 562 Å². The van der Waals surface area contributed by atoms with Crippen LogP contribution in [0.15, 0.2) is 0 Å². The predicted molar refractivity (Wildman–Crippen MR) is 372 cm³/mol. The maximum Gasteiger partial charge on any atom is 0.472 e. The van der Waals surface area contributed by atoms with Crippen molar-refractivity contribution in [3.63, 3.8) is 0 Å². The SMILES string of the molecule is CCC(C)CCCCCCCCCCCCCCCCC(=O)O[C@H](COC(=O)CCCCCCCCC(C)CC)COP(=O)(O)OC[C@H](O)COP(=O)(O)OC[C@@H](COC(=O)CCCCCCCCC(C)C)OC(=O)CCCCCCCCCCCCCCC(C)C. The monoisotopic (exact) mass is 1350 g/mol. The molecule has 0 heterocycles. The summed E-state index contributed by atoms with van der Waals surface area (Å²) in [6.07, 6.45) is 45.9. The van der Waals surface area contributed by atoms with E-state index in [4.69, 9.17) is 37.0 Å². The number of phosphoric acid groups is 2. The molecule has 19 heteroatoms. The van der Waals surface area contributed by atoms with Crippen LogP contribution in [0.1, 0.15) is 364 Å². The average molecular weight is 1350 g/mol. The molecule has 17 nitrogen and oxygen atoms in total. The normalized spacial score (nSPS) is 14.8. The lowest BCUT2D eigenvalue weighted by Gasteiger charge is -2.21. The molecule has 0 saturated carbocycles. The molecule has 4 unspecified atom stereocenters. The van der Waals surface area contributed by atoms with Gasteiger partial charge in [-0.1, -0.05) is 312 Å². The van der Waals surface area contributed by atoms with Gasteiger partial charge in [-0.15, -0.1) is 0 Å². The summed E-state index contributed by atoms with van der Waals surface area (Å²) >= 11 is 0. The maximum atomic E-state index is 13.0. The summed E-state index contributed by atoms with van der Waals surface area (Å²) in [4.78, 5) is 72.6. The molecule has 0 aromatic heterocycles. The fourth-order valence-corrected chi connectivity index (χ4v) is 12.5. The molecular formula is C73H142O17P2. The Bertz CT molecular complexity index is 1820. The van der Waals surface area contributed by atoms with Crippen LogP contribution >= 0.6 is 15.6 Å². The smallest absolute Gasteiger partial charge is 0.462 e. The number of aliphatic hydroxyl groups is 1. The first-order valence-electron chi connectivity index (χ1n) is 37.8. The molecule has 92 heavy (non-hydrogen) atoms. The zero-order valence-electron chi connectivity index (χ0n) is 60.2. The number of carbonyl (C=O) groups excluding carboxylic acids is 4. The van der Waals surface area contributed by atoms with Crippen molar-refractivity contribution in [1.29, 1.82) is 0 Å². The van der Waals surface area contributed by atoms with Gasteiger partial charge in [0, 0.05) is 25.7 Å². The molecule has 0 bridgehead atoms. The molecule has 0 fully saturated rings. The Morgan fingerprint density at radius 3 is 0.772 bits per heavy atom. The van der Waals surface area contributed by atoms with Crippen LogP contribution in [0, 0.1) is 23.7 Å². The molecule has 0 rings (SSSR count). The third-order valence-electron chi connectivity index (χ3n) is 17.5. The predicted octanol–water partition coefficient (Wildman–Crippen LogP) is 20.9. The number of carbonyl (C=O) groups is 4. The number of hydrogen-bond donors (Lipinski definition) is 3. The second kappa shape index (κ2) is 62.6. The van der Waals surface area contributed by atoms with Crippen LogP contribution < -0.4 is 0 Å². The highest BCUT2D eigenvalue weighted by molar-refractivity contribution is 7.47. The first-order valence-corrected chi connectivity index (χ1v) is 40.8. The third kappa shape index (κ3) is 64.1. The van der Waals surface area contributed by atoms with Crippen LogP contribution in [-0.4, -0.2) is 96.7 Å². The minimum Gasteiger partial charge on any atom is -0.462 e. The Morgan fingerprint density at radius 1 is 0.304 bits per heavy atom.